The van der Waals surface area contributed by atoms with E-state index in [2.05, 4.69) is 0 Å². The highest BCUT2D eigenvalue weighted by Crippen LogP contribution is 2.41. The van der Waals surface area contributed by atoms with Gasteiger partial charge < -0.3 is 14.1 Å². The molecule has 0 radical (unpaired) electrons. The highest BCUT2D eigenvalue weighted by Gasteiger charge is 2.43. The van der Waals surface area contributed by atoms with Crippen molar-refractivity contribution in [2.75, 3.05) is 5.75 Å². The van der Waals surface area contributed by atoms with Gasteiger partial charge in [0.1, 0.15) is 23.8 Å². The lowest BCUT2D eigenvalue weighted by Crippen LogP contribution is -2.42. The number of halogens is 1. The van der Waals surface area contributed by atoms with E-state index < -0.39 is 12.0 Å². The Kier molecular flexibility index (Phi) is 5.16. The minimum atomic E-state index is -0.616. The van der Waals surface area contributed by atoms with Crippen LogP contribution >= 0.6 is 23.4 Å². The third-order valence-corrected chi connectivity index (χ3v) is 5.25. The number of rotatable bonds is 4. The summed E-state index contributed by atoms with van der Waals surface area (Å²) in [6.07, 6.45) is 1.56. The smallest absolute Gasteiger partial charge is 0.330 e. The van der Waals surface area contributed by atoms with E-state index in [1.807, 2.05) is 0 Å². The first kappa shape index (κ1) is 16.9. The number of nitrogens with zero attached hydrogens (tertiary/aromatic N) is 1. The summed E-state index contributed by atoms with van der Waals surface area (Å²) in [6.45, 7) is 1.59. The van der Waals surface area contributed by atoms with E-state index in [0.29, 0.717) is 16.5 Å². The molecule has 1 aliphatic rings. The van der Waals surface area contributed by atoms with Gasteiger partial charge in [0, 0.05) is 17.7 Å². The van der Waals surface area contributed by atoms with Gasteiger partial charge in [-0.2, -0.15) is 0 Å². The van der Waals surface area contributed by atoms with Crippen molar-refractivity contribution in [3.8, 4) is 0 Å². The first-order valence-corrected chi connectivity index (χ1v) is 8.84. The normalized spacial score (nSPS) is 20.2. The van der Waals surface area contributed by atoms with Gasteiger partial charge >= 0.3 is 5.97 Å². The molecule has 0 aliphatic carbocycles. The Morgan fingerprint density at radius 2 is 2.08 bits per heavy atom. The van der Waals surface area contributed by atoms with Crippen LogP contribution in [0.15, 0.2) is 47.1 Å². The van der Waals surface area contributed by atoms with E-state index in [1.165, 1.54) is 23.6 Å². The number of furan rings is 1. The molecule has 2 atom stereocenters. The number of amides is 1. The van der Waals surface area contributed by atoms with Crippen molar-refractivity contribution >= 4 is 35.2 Å². The molecule has 2 heterocycles. The first-order valence-electron chi connectivity index (χ1n) is 7.41. The van der Waals surface area contributed by atoms with Crippen LogP contribution in [0, 0.1) is 0 Å². The number of carbonyl (C=O) groups is 2. The van der Waals surface area contributed by atoms with Crippen LogP contribution in [-0.4, -0.2) is 28.6 Å². The van der Waals surface area contributed by atoms with E-state index in [1.54, 1.807) is 42.7 Å². The van der Waals surface area contributed by atoms with Crippen molar-refractivity contribution < 1.29 is 18.7 Å². The van der Waals surface area contributed by atoms with Crippen molar-refractivity contribution in [3.63, 3.8) is 0 Å². The highest BCUT2D eigenvalue weighted by molar-refractivity contribution is 7.99. The second kappa shape index (κ2) is 7.32. The Labute approximate surface area is 148 Å². The van der Waals surface area contributed by atoms with Crippen molar-refractivity contribution in [2.45, 2.75) is 24.9 Å². The van der Waals surface area contributed by atoms with Gasteiger partial charge in [-0.05, 0) is 29.8 Å². The van der Waals surface area contributed by atoms with E-state index in [4.69, 9.17) is 20.8 Å². The fraction of sp³-hybridized carbons (Fsp3) is 0.294. The molecule has 126 valence electrons. The molecule has 1 aromatic heterocycles. The lowest BCUT2D eigenvalue weighted by atomic mass is 10.2. The predicted octanol–water partition coefficient (Wildman–Crippen LogP) is 3.64. The summed E-state index contributed by atoms with van der Waals surface area (Å²) < 4.78 is 10.8. The van der Waals surface area contributed by atoms with Gasteiger partial charge in [-0.15, -0.1) is 11.8 Å². The summed E-state index contributed by atoms with van der Waals surface area (Å²) >= 11 is 7.32. The minimum Gasteiger partial charge on any atom is -0.466 e. The first-order chi connectivity index (χ1) is 11.6. The SMILES string of the molecule is CC(=O)N1[C@@H](C(=O)OCc2ccc(Cl)cc2)CS[C@@H]1c1ccco1. The lowest BCUT2D eigenvalue weighted by molar-refractivity contribution is -0.154. The summed E-state index contributed by atoms with van der Waals surface area (Å²) in [5.74, 6) is 0.532. The molecule has 24 heavy (non-hydrogen) atoms. The number of carbonyl (C=O) groups excluding carboxylic acids is 2. The number of benzene rings is 1. The van der Waals surface area contributed by atoms with Gasteiger partial charge in [-0.25, -0.2) is 4.79 Å². The van der Waals surface area contributed by atoms with Crippen molar-refractivity contribution in [3.05, 3.63) is 59.0 Å². The molecule has 0 spiro atoms. The number of ether oxygens (including phenoxy) is 1. The standard InChI is InChI=1S/C17H16ClNO4S/c1-11(20)19-14(10-24-16(19)15-3-2-8-22-15)17(21)23-9-12-4-6-13(18)7-5-12/h2-8,14,16H,9-10H2,1H3/t14-,16-/m1/s1. The highest BCUT2D eigenvalue weighted by atomic mass is 35.5. The molecule has 0 N–H and O–H groups in total. The summed E-state index contributed by atoms with van der Waals surface area (Å²) in [4.78, 5) is 26.0. The zero-order chi connectivity index (χ0) is 17.1. The fourth-order valence-corrected chi connectivity index (χ4v) is 4.10. The Hall–Kier alpha value is -1.92. The largest absolute Gasteiger partial charge is 0.466 e. The van der Waals surface area contributed by atoms with Crippen molar-refractivity contribution in [2.24, 2.45) is 0 Å². The maximum absolute atomic E-state index is 12.4. The zero-order valence-electron chi connectivity index (χ0n) is 13.0. The van der Waals surface area contributed by atoms with Crippen molar-refractivity contribution in [1.29, 1.82) is 0 Å². The molecule has 3 rings (SSSR count). The molecule has 0 saturated carbocycles. The lowest BCUT2D eigenvalue weighted by Gasteiger charge is -2.25. The molecule has 1 aromatic carbocycles. The summed E-state index contributed by atoms with van der Waals surface area (Å²) in [7, 11) is 0. The monoisotopic (exact) mass is 365 g/mol. The molecule has 1 aliphatic heterocycles. The van der Waals surface area contributed by atoms with Gasteiger partial charge in [0.25, 0.3) is 0 Å². The van der Waals surface area contributed by atoms with Crippen LogP contribution in [0.4, 0.5) is 0 Å². The molecule has 1 saturated heterocycles. The van der Waals surface area contributed by atoms with Crippen LogP contribution in [0.5, 0.6) is 0 Å². The number of hydrogen-bond donors (Lipinski definition) is 0. The van der Waals surface area contributed by atoms with Gasteiger partial charge in [-0.1, -0.05) is 23.7 Å². The topological polar surface area (TPSA) is 59.8 Å². The summed E-state index contributed by atoms with van der Waals surface area (Å²) in [5.41, 5.74) is 0.843. The van der Waals surface area contributed by atoms with Crippen LogP contribution < -0.4 is 0 Å². The number of hydrogen-bond acceptors (Lipinski definition) is 5. The molecule has 2 aromatic rings. The Bertz CT molecular complexity index is 717. The molecule has 1 amide bonds. The second-order valence-electron chi connectivity index (χ2n) is 5.38. The maximum Gasteiger partial charge on any atom is 0.330 e. The Morgan fingerprint density at radius 3 is 2.71 bits per heavy atom. The maximum atomic E-state index is 12.4. The zero-order valence-corrected chi connectivity index (χ0v) is 14.5. The Balaban J connectivity index is 1.67. The summed E-state index contributed by atoms with van der Waals surface area (Å²) in [6, 6.07) is 10.0. The molecule has 7 heteroatoms. The van der Waals surface area contributed by atoms with Crippen LogP contribution in [0.3, 0.4) is 0 Å². The molecular formula is C17H16ClNO4S. The van der Waals surface area contributed by atoms with Gasteiger partial charge in [0.05, 0.1) is 6.26 Å². The van der Waals surface area contributed by atoms with Gasteiger partial charge in [-0.3, -0.25) is 4.79 Å². The van der Waals surface area contributed by atoms with E-state index in [-0.39, 0.29) is 17.9 Å². The van der Waals surface area contributed by atoms with Gasteiger partial charge in [0.2, 0.25) is 5.91 Å². The van der Waals surface area contributed by atoms with Crippen molar-refractivity contribution in [1.82, 2.24) is 4.90 Å². The number of thioether (sulfide) groups is 1. The van der Waals surface area contributed by atoms with E-state index in [9.17, 15) is 9.59 Å². The third kappa shape index (κ3) is 3.60. The molecule has 0 unspecified atom stereocenters. The van der Waals surface area contributed by atoms with Crippen LogP contribution in [0.25, 0.3) is 0 Å². The third-order valence-electron chi connectivity index (χ3n) is 3.72. The average molecular weight is 366 g/mol. The predicted molar refractivity (Wildman–Crippen MR) is 91.5 cm³/mol. The molecule has 0 bridgehead atoms. The van der Waals surface area contributed by atoms with Gasteiger partial charge in [0.15, 0.2) is 0 Å². The Morgan fingerprint density at radius 1 is 1.33 bits per heavy atom. The number of esters is 1. The molecule has 1 fully saturated rings. The second-order valence-corrected chi connectivity index (χ2v) is 6.93. The summed E-state index contributed by atoms with van der Waals surface area (Å²) in [5, 5.41) is 0.326. The fourth-order valence-electron chi connectivity index (χ4n) is 2.55. The van der Waals surface area contributed by atoms with Crippen LogP contribution in [0.2, 0.25) is 5.02 Å². The van der Waals surface area contributed by atoms with Crippen LogP contribution in [-0.2, 0) is 20.9 Å². The average Bonchev–Trinajstić information content (AvgIpc) is 3.22. The molecular weight excluding hydrogens is 350 g/mol. The minimum absolute atomic E-state index is 0.147. The molecule has 5 nitrogen and oxygen atoms in total. The van der Waals surface area contributed by atoms with E-state index in [0.717, 1.165) is 5.56 Å². The quantitative estimate of drug-likeness (QED) is 0.774. The van der Waals surface area contributed by atoms with E-state index >= 15 is 0 Å². The van der Waals surface area contributed by atoms with Crippen LogP contribution in [0.1, 0.15) is 23.6 Å².